The first kappa shape index (κ1) is 12.6. The van der Waals surface area contributed by atoms with Crippen LogP contribution in [0.5, 0.6) is 0 Å². The number of amides is 1. The average molecular weight is 329 g/mol. The molecular formula is C13H11BrF2N2O. The molecule has 0 spiro atoms. The first-order chi connectivity index (χ1) is 8.87. The molecule has 0 bridgehead atoms. The van der Waals surface area contributed by atoms with E-state index in [9.17, 15) is 13.6 Å². The summed E-state index contributed by atoms with van der Waals surface area (Å²) in [6.07, 6.45) is 0. The quantitative estimate of drug-likeness (QED) is 0.789. The van der Waals surface area contributed by atoms with Gasteiger partial charge < -0.3 is 9.47 Å². The lowest BCUT2D eigenvalue weighted by molar-refractivity contribution is -0.113. The molecule has 100 valence electrons. The highest BCUT2D eigenvalue weighted by molar-refractivity contribution is 9.10. The van der Waals surface area contributed by atoms with E-state index in [0.717, 1.165) is 15.4 Å². The molecule has 0 saturated carbocycles. The van der Waals surface area contributed by atoms with Gasteiger partial charge in [0.05, 0.1) is 13.1 Å². The number of carbonyl (C=O) groups is 1. The molecule has 3 nitrogen and oxygen atoms in total. The number of hydrogen-bond donors (Lipinski definition) is 0. The number of nitrogens with zero attached hydrogens (tertiary/aromatic N) is 2. The number of aryl methyl sites for hydroxylation is 1. The van der Waals surface area contributed by atoms with Gasteiger partial charge in [-0.2, -0.15) is 0 Å². The third-order valence-electron chi connectivity index (χ3n) is 3.36. The molecule has 1 aromatic heterocycles. The summed E-state index contributed by atoms with van der Waals surface area (Å²) < 4.78 is 28.3. The predicted molar refractivity (Wildman–Crippen MR) is 71.5 cm³/mol. The normalized spacial score (nSPS) is 17.6. The van der Waals surface area contributed by atoms with Crippen molar-refractivity contribution >= 4 is 32.7 Å². The van der Waals surface area contributed by atoms with E-state index in [4.69, 9.17) is 0 Å². The zero-order valence-electron chi connectivity index (χ0n) is 10.2. The molecule has 2 aromatic rings. The summed E-state index contributed by atoms with van der Waals surface area (Å²) in [4.78, 5) is 13.3. The molecule has 0 radical (unpaired) electrons. The van der Waals surface area contributed by atoms with Crippen LogP contribution in [0.15, 0.2) is 28.7 Å². The van der Waals surface area contributed by atoms with Gasteiger partial charge in [-0.05, 0) is 18.2 Å². The molecule has 3 rings (SSSR count). The maximum Gasteiger partial charge on any atom is 0.282 e. The van der Waals surface area contributed by atoms with E-state index in [1.807, 2.05) is 18.2 Å². The number of halogens is 3. The van der Waals surface area contributed by atoms with Crippen LogP contribution in [0.3, 0.4) is 0 Å². The van der Waals surface area contributed by atoms with Crippen LogP contribution in [-0.4, -0.2) is 34.4 Å². The SMILES string of the molecule is Cn1c(C(=O)N2CC(F)(F)C2)cc2ccc(Br)cc21. The van der Waals surface area contributed by atoms with Gasteiger partial charge in [0.1, 0.15) is 5.69 Å². The van der Waals surface area contributed by atoms with Crippen molar-refractivity contribution in [2.45, 2.75) is 5.92 Å². The molecule has 0 aliphatic carbocycles. The van der Waals surface area contributed by atoms with E-state index in [2.05, 4.69) is 15.9 Å². The second kappa shape index (κ2) is 4.03. The highest BCUT2D eigenvalue weighted by Crippen LogP contribution is 2.30. The number of aromatic nitrogens is 1. The minimum absolute atomic E-state index is 0.347. The molecule has 1 aliphatic heterocycles. The first-order valence-corrected chi connectivity index (χ1v) is 6.59. The van der Waals surface area contributed by atoms with Crippen LogP contribution >= 0.6 is 15.9 Å². The Balaban J connectivity index is 1.97. The van der Waals surface area contributed by atoms with Crippen molar-refractivity contribution in [1.82, 2.24) is 9.47 Å². The van der Waals surface area contributed by atoms with Gasteiger partial charge in [0.2, 0.25) is 0 Å². The van der Waals surface area contributed by atoms with E-state index < -0.39 is 19.0 Å². The van der Waals surface area contributed by atoms with E-state index in [-0.39, 0.29) is 5.91 Å². The van der Waals surface area contributed by atoms with Crippen molar-refractivity contribution in [3.63, 3.8) is 0 Å². The molecule has 1 aromatic carbocycles. The molecule has 1 saturated heterocycles. The molecule has 19 heavy (non-hydrogen) atoms. The average Bonchev–Trinajstić information content (AvgIpc) is 2.63. The van der Waals surface area contributed by atoms with Crippen LogP contribution in [0.25, 0.3) is 10.9 Å². The topological polar surface area (TPSA) is 25.2 Å². The molecule has 2 heterocycles. The van der Waals surface area contributed by atoms with Gasteiger partial charge in [-0.3, -0.25) is 4.79 Å². The third kappa shape index (κ3) is 2.04. The fourth-order valence-electron chi connectivity index (χ4n) is 2.33. The summed E-state index contributed by atoms with van der Waals surface area (Å²) >= 11 is 3.37. The summed E-state index contributed by atoms with van der Waals surface area (Å²) in [5.74, 6) is -3.08. The zero-order valence-corrected chi connectivity index (χ0v) is 11.7. The Labute approximate surface area is 116 Å². The minimum atomic E-state index is -2.73. The van der Waals surface area contributed by atoms with Crippen molar-refractivity contribution < 1.29 is 13.6 Å². The maximum absolute atomic E-state index is 12.8. The number of carbonyl (C=O) groups excluding carboxylic acids is 1. The van der Waals surface area contributed by atoms with Gasteiger partial charge in [0, 0.05) is 22.4 Å². The lowest BCUT2D eigenvalue weighted by Gasteiger charge is -2.38. The van der Waals surface area contributed by atoms with Gasteiger partial charge in [-0.25, -0.2) is 8.78 Å². The number of alkyl halides is 2. The standard InChI is InChI=1S/C13H11BrF2N2O/c1-17-10-5-9(14)3-2-8(10)4-11(17)12(19)18-6-13(15,16)7-18/h2-5H,6-7H2,1H3. The van der Waals surface area contributed by atoms with E-state index in [1.54, 1.807) is 17.7 Å². The minimum Gasteiger partial charge on any atom is -0.340 e. The van der Waals surface area contributed by atoms with Crippen molar-refractivity contribution in [2.24, 2.45) is 7.05 Å². The molecule has 1 aliphatic rings. The summed E-state index contributed by atoms with van der Waals surface area (Å²) in [5.41, 5.74) is 1.33. The fraction of sp³-hybridized carbons (Fsp3) is 0.308. The Hall–Kier alpha value is -1.43. The zero-order chi connectivity index (χ0) is 13.8. The number of rotatable bonds is 1. The third-order valence-corrected chi connectivity index (χ3v) is 3.85. The highest BCUT2D eigenvalue weighted by Gasteiger charge is 2.46. The summed E-state index contributed by atoms with van der Waals surface area (Å²) in [7, 11) is 1.76. The highest BCUT2D eigenvalue weighted by atomic mass is 79.9. The largest absolute Gasteiger partial charge is 0.340 e. The van der Waals surface area contributed by atoms with Crippen LogP contribution < -0.4 is 0 Å². The van der Waals surface area contributed by atoms with Crippen molar-refractivity contribution in [2.75, 3.05) is 13.1 Å². The van der Waals surface area contributed by atoms with Crippen LogP contribution in [0.2, 0.25) is 0 Å². The Morgan fingerprint density at radius 3 is 2.63 bits per heavy atom. The molecular weight excluding hydrogens is 318 g/mol. The van der Waals surface area contributed by atoms with Crippen LogP contribution in [0.4, 0.5) is 8.78 Å². The van der Waals surface area contributed by atoms with Gasteiger partial charge >= 0.3 is 0 Å². The van der Waals surface area contributed by atoms with E-state index in [1.165, 1.54) is 4.90 Å². The van der Waals surface area contributed by atoms with Gasteiger partial charge in [0.15, 0.2) is 0 Å². The van der Waals surface area contributed by atoms with Crippen LogP contribution in [0, 0.1) is 0 Å². The smallest absolute Gasteiger partial charge is 0.282 e. The number of benzene rings is 1. The predicted octanol–water partition coefficient (Wildman–Crippen LogP) is 3.03. The Bertz CT molecular complexity index is 673. The number of likely N-dealkylation sites (tertiary alicyclic amines) is 1. The molecule has 1 fully saturated rings. The number of hydrogen-bond acceptors (Lipinski definition) is 1. The van der Waals surface area contributed by atoms with Crippen LogP contribution in [0.1, 0.15) is 10.5 Å². The van der Waals surface area contributed by atoms with Crippen LogP contribution in [-0.2, 0) is 7.05 Å². The maximum atomic E-state index is 12.8. The van der Waals surface area contributed by atoms with Crippen molar-refractivity contribution in [3.8, 4) is 0 Å². The molecule has 0 N–H and O–H groups in total. The van der Waals surface area contributed by atoms with Gasteiger partial charge in [0.25, 0.3) is 11.8 Å². The molecule has 1 amide bonds. The lowest BCUT2D eigenvalue weighted by atomic mass is 10.1. The monoisotopic (exact) mass is 328 g/mol. The molecule has 0 atom stereocenters. The van der Waals surface area contributed by atoms with Crippen molar-refractivity contribution in [3.05, 3.63) is 34.4 Å². The van der Waals surface area contributed by atoms with Crippen molar-refractivity contribution in [1.29, 1.82) is 0 Å². The summed E-state index contributed by atoms with van der Waals surface area (Å²) in [5, 5.41) is 0.918. The van der Waals surface area contributed by atoms with Gasteiger partial charge in [-0.1, -0.05) is 22.0 Å². The number of fused-ring (bicyclic) bond motifs is 1. The second-order valence-corrected chi connectivity index (χ2v) is 5.72. The van der Waals surface area contributed by atoms with Gasteiger partial charge in [-0.15, -0.1) is 0 Å². The fourth-order valence-corrected chi connectivity index (χ4v) is 2.68. The molecule has 0 unspecified atom stereocenters. The summed E-state index contributed by atoms with van der Waals surface area (Å²) in [6, 6.07) is 7.41. The Morgan fingerprint density at radius 2 is 2.00 bits per heavy atom. The molecule has 6 heteroatoms. The Kier molecular flexibility index (Phi) is 2.67. The summed E-state index contributed by atoms with van der Waals surface area (Å²) in [6.45, 7) is -0.978. The first-order valence-electron chi connectivity index (χ1n) is 5.79. The van der Waals surface area contributed by atoms with E-state index >= 15 is 0 Å². The van der Waals surface area contributed by atoms with E-state index in [0.29, 0.717) is 5.69 Å². The second-order valence-electron chi connectivity index (χ2n) is 4.81. The Morgan fingerprint density at radius 1 is 1.32 bits per heavy atom. The lowest BCUT2D eigenvalue weighted by Crippen LogP contribution is -2.58.